The maximum atomic E-state index is 15.1. The zero-order valence-corrected chi connectivity index (χ0v) is 24.9. The highest BCUT2D eigenvalue weighted by molar-refractivity contribution is 5.85. The summed E-state index contributed by atoms with van der Waals surface area (Å²) in [6.45, 7) is 4.47. The van der Waals surface area contributed by atoms with Crippen LogP contribution in [0.5, 0.6) is 0 Å². The van der Waals surface area contributed by atoms with Crippen LogP contribution in [0.1, 0.15) is 111 Å². The molecule has 0 N–H and O–H groups in total. The third-order valence-electron chi connectivity index (χ3n) is 7.69. The van der Waals surface area contributed by atoms with Crippen LogP contribution in [0.25, 0.3) is 10.8 Å². The predicted molar refractivity (Wildman–Crippen MR) is 174 cm³/mol. The number of halogens is 1. The number of rotatable bonds is 12. The molecule has 0 aliphatic heterocycles. The summed E-state index contributed by atoms with van der Waals surface area (Å²) >= 11 is 0. The molecule has 0 bridgehead atoms. The molecular weight excluding hydrogens is 499 g/mol. The molecule has 0 aromatic heterocycles. The van der Waals surface area contributed by atoms with Gasteiger partial charge in [0.2, 0.25) is 0 Å². The topological polar surface area (TPSA) is 0 Å². The molecule has 0 fully saturated rings. The van der Waals surface area contributed by atoms with E-state index in [9.17, 15) is 0 Å². The van der Waals surface area contributed by atoms with Gasteiger partial charge in [-0.15, -0.1) is 0 Å². The Morgan fingerprint density at radius 1 is 0.488 bits per heavy atom. The second-order valence-corrected chi connectivity index (χ2v) is 11.1. The lowest BCUT2D eigenvalue weighted by molar-refractivity contribution is 0.595. The van der Waals surface area contributed by atoms with Crippen molar-refractivity contribution < 1.29 is 4.39 Å². The van der Waals surface area contributed by atoms with Gasteiger partial charge in [0.15, 0.2) is 0 Å². The molecule has 0 aliphatic rings. The highest BCUT2D eigenvalue weighted by Gasteiger charge is 2.07. The molecule has 0 aliphatic carbocycles. The summed E-state index contributed by atoms with van der Waals surface area (Å²) < 4.78 is 15.1. The number of benzene rings is 4. The molecule has 0 unspecified atom stereocenters. The lowest BCUT2D eigenvalue weighted by Crippen LogP contribution is -1.93. The lowest BCUT2D eigenvalue weighted by Gasteiger charge is -2.07. The van der Waals surface area contributed by atoms with E-state index in [4.69, 9.17) is 0 Å². The molecule has 41 heavy (non-hydrogen) atoms. The van der Waals surface area contributed by atoms with Crippen LogP contribution in [0.3, 0.4) is 0 Å². The van der Waals surface area contributed by atoms with Crippen LogP contribution < -0.4 is 0 Å². The fourth-order valence-corrected chi connectivity index (χ4v) is 5.14. The van der Waals surface area contributed by atoms with Crippen molar-refractivity contribution in [3.05, 3.63) is 118 Å². The minimum atomic E-state index is -0.0806. The van der Waals surface area contributed by atoms with Gasteiger partial charge in [0, 0.05) is 27.6 Å². The lowest BCUT2D eigenvalue weighted by atomic mass is 9.99. The fraction of sp³-hybridized carbons (Fsp3) is 0.350. The molecule has 0 saturated carbocycles. The first-order valence-electron chi connectivity index (χ1n) is 15.6. The minimum absolute atomic E-state index is 0.0806. The van der Waals surface area contributed by atoms with Gasteiger partial charge in [0.05, 0.1) is 0 Å². The zero-order valence-electron chi connectivity index (χ0n) is 24.9. The monoisotopic (exact) mass is 542 g/mol. The summed E-state index contributed by atoms with van der Waals surface area (Å²) in [5.41, 5.74) is 6.04. The number of aryl methyl sites for hydroxylation is 2. The maximum absolute atomic E-state index is 15.1. The largest absolute Gasteiger partial charge is 0.206 e. The molecular formula is C40H43F. The summed E-state index contributed by atoms with van der Waals surface area (Å²) in [5, 5.41) is 1.58. The van der Waals surface area contributed by atoms with Gasteiger partial charge in [-0.2, -0.15) is 0 Å². The van der Waals surface area contributed by atoms with E-state index in [2.05, 4.69) is 61.8 Å². The molecule has 0 radical (unpaired) electrons. The molecule has 0 heterocycles. The number of hydrogen-bond acceptors (Lipinski definition) is 0. The van der Waals surface area contributed by atoms with E-state index in [0.29, 0.717) is 5.39 Å². The predicted octanol–water partition coefficient (Wildman–Crippen LogP) is 10.8. The first kappa shape index (κ1) is 30.2. The van der Waals surface area contributed by atoms with E-state index in [-0.39, 0.29) is 5.82 Å². The Balaban J connectivity index is 1.33. The van der Waals surface area contributed by atoms with Crippen molar-refractivity contribution in [2.24, 2.45) is 0 Å². The Hall–Kier alpha value is -3.81. The highest BCUT2D eigenvalue weighted by atomic mass is 19.1. The quantitative estimate of drug-likeness (QED) is 0.123. The van der Waals surface area contributed by atoms with Gasteiger partial charge < -0.3 is 0 Å². The van der Waals surface area contributed by atoms with Crippen molar-refractivity contribution in [2.75, 3.05) is 0 Å². The average Bonchev–Trinajstić information content (AvgIpc) is 3.01. The van der Waals surface area contributed by atoms with Crippen LogP contribution >= 0.6 is 0 Å². The second kappa shape index (κ2) is 16.5. The molecule has 4 aromatic carbocycles. The number of hydrogen-bond donors (Lipinski definition) is 0. The van der Waals surface area contributed by atoms with E-state index < -0.39 is 0 Å². The Kier molecular flexibility index (Phi) is 12.1. The normalized spacial score (nSPS) is 10.6. The van der Waals surface area contributed by atoms with Crippen molar-refractivity contribution in [1.82, 2.24) is 0 Å². The van der Waals surface area contributed by atoms with Gasteiger partial charge in [-0.25, -0.2) is 4.39 Å². The van der Waals surface area contributed by atoms with Gasteiger partial charge >= 0.3 is 0 Å². The molecule has 210 valence electrons. The summed E-state index contributed by atoms with van der Waals surface area (Å²) in [6, 6.07) is 26.4. The zero-order chi connectivity index (χ0) is 28.7. The van der Waals surface area contributed by atoms with Crippen molar-refractivity contribution >= 4 is 10.8 Å². The van der Waals surface area contributed by atoms with Crippen molar-refractivity contribution in [3.63, 3.8) is 0 Å². The Labute approximate surface area is 247 Å². The van der Waals surface area contributed by atoms with Crippen molar-refractivity contribution in [3.8, 4) is 23.7 Å². The van der Waals surface area contributed by atoms with Crippen LogP contribution in [0.4, 0.5) is 4.39 Å². The molecule has 0 atom stereocenters. The summed E-state index contributed by atoms with van der Waals surface area (Å²) in [6.07, 6.45) is 14.4. The first-order chi connectivity index (χ1) is 20.2. The maximum Gasteiger partial charge on any atom is 0.134 e. The van der Waals surface area contributed by atoms with Crippen LogP contribution in [-0.4, -0.2) is 0 Å². The summed E-state index contributed by atoms with van der Waals surface area (Å²) in [4.78, 5) is 0. The van der Waals surface area contributed by atoms with Crippen LogP contribution in [-0.2, 0) is 12.8 Å². The van der Waals surface area contributed by atoms with E-state index in [1.807, 2.05) is 54.6 Å². The standard InChI is InChI=1S/C40H43F/c1-3-5-7-9-11-13-32-15-17-33(18-16-32)19-20-34-21-23-35(24-22-34)25-26-36-27-30-39-38(31-36)29-28-37(40(39)41)14-12-10-8-6-4-2/h15-18,21-24,27-31H,3-14H2,1-2H3. The van der Waals surface area contributed by atoms with Gasteiger partial charge in [-0.05, 0) is 90.7 Å². The third kappa shape index (κ3) is 9.66. The number of fused-ring (bicyclic) bond motifs is 1. The second-order valence-electron chi connectivity index (χ2n) is 11.1. The highest BCUT2D eigenvalue weighted by Crippen LogP contribution is 2.24. The van der Waals surface area contributed by atoms with E-state index in [0.717, 1.165) is 52.5 Å². The molecule has 0 amide bonds. The van der Waals surface area contributed by atoms with E-state index >= 15 is 4.39 Å². The third-order valence-corrected chi connectivity index (χ3v) is 7.69. The van der Waals surface area contributed by atoms with E-state index in [1.165, 1.54) is 63.4 Å². The fourth-order valence-electron chi connectivity index (χ4n) is 5.14. The SMILES string of the molecule is CCCCCCCc1ccc(C#Cc2ccc(C#Cc3ccc4c(F)c(CCCCCCC)ccc4c3)cc2)cc1. The average molecular weight is 543 g/mol. The van der Waals surface area contributed by atoms with Gasteiger partial charge in [0.1, 0.15) is 5.82 Å². The molecule has 0 spiro atoms. The minimum Gasteiger partial charge on any atom is -0.206 e. The van der Waals surface area contributed by atoms with Gasteiger partial charge in [-0.3, -0.25) is 0 Å². The first-order valence-corrected chi connectivity index (χ1v) is 15.6. The van der Waals surface area contributed by atoms with Crippen LogP contribution in [0.2, 0.25) is 0 Å². The van der Waals surface area contributed by atoms with Crippen LogP contribution in [0.15, 0.2) is 78.9 Å². The van der Waals surface area contributed by atoms with Crippen molar-refractivity contribution in [1.29, 1.82) is 0 Å². The molecule has 1 heteroatoms. The smallest absolute Gasteiger partial charge is 0.134 e. The molecule has 0 saturated heterocycles. The molecule has 4 rings (SSSR count). The van der Waals surface area contributed by atoms with Gasteiger partial charge in [-0.1, -0.05) is 119 Å². The molecule has 4 aromatic rings. The van der Waals surface area contributed by atoms with Gasteiger partial charge in [0.25, 0.3) is 0 Å². The summed E-state index contributed by atoms with van der Waals surface area (Å²) in [5.74, 6) is 12.9. The van der Waals surface area contributed by atoms with Crippen LogP contribution in [0, 0.1) is 29.5 Å². The Bertz CT molecular complexity index is 1500. The molecule has 0 nitrogen and oxygen atoms in total. The van der Waals surface area contributed by atoms with E-state index in [1.54, 1.807) is 0 Å². The Morgan fingerprint density at radius 3 is 1.56 bits per heavy atom. The number of unbranched alkanes of at least 4 members (excludes halogenated alkanes) is 8. The van der Waals surface area contributed by atoms with Crippen molar-refractivity contribution in [2.45, 2.75) is 90.9 Å². The summed E-state index contributed by atoms with van der Waals surface area (Å²) in [7, 11) is 0. The Morgan fingerprint density at radius 2 is 0.976 bits per heavy atom.